The summed E-state index contributed by atoms with van der Waals surface area (Å²) in [6, 6.07) is 12.6. The van der Waals surface area contributed by atoms with Gasteiger partial charge >= 0.3 is 0 Å². The van der Waals surface area contributed by atoms with E-state index in [-0.39, 0.29) is 12.1 Å². The van der Waals surface area contributed by atoms with Crippen molar-refractivity contribution in [3.8, 4) is 22.5 Å². The Morgan fingerprint density at radius 1 is 1.09 bits per heavy atom. The van der Waals surface area contributed by atoms with E-state index in [0.717, 1.165) is 69.9 Å². The van der Waals surface area contributed by atoms with Crippen LogP contribution in [0.5, 0.6) is 0 Å². The first-order valence-corrected chi connectivity index (χ1v) is 13.1. The molecule has 3 heterocycles. The predicted octanol–water partition coefficient (Wildman–Crippen LogP) is 4.14. The molecule has 1 unspecified atom stereocenters. The van der Waals surface area contributed by atoms with E-state index in [4.69, 9.17) is 4.98 Å². The number of benzene rings is 1. The molecule has 0 spiro atoms. The molecule has 1 atom stereocenters. The fourth-order valence-electron chi connectivity index (χ4n) is 4.68. The van der Waals surface area contributed by atoms with Crippen molar-refractivity contribution in [2.45, 2.75) is 37.8 Å². The van der Waals surface area contributed by atoms with E-state index in [1.165, 1.54) is 0 Å². The van der Waals surface area contributed by atoms with Gasteiger partial charge in [0.1, 0.15) is 5.65 Å². The second kappa shape index (κ2) is 8.86. The van der Waals surface area contributed by atoms with Crippen LogP contribution in [-0.2, 0) is 10.0 Å². The Hall–Kier alpha value is -2.80. The van der Waals surface area contributed by atoms with Gasteiger partial charge in [-0.3, -0.25) is 0 Å². The van der Waals surface area contributed by atoms with Gasteiger partial charge in [0, 0.05) is 46.4 Å². The fourth-order valence-corrected chi connectivity index (χ4v) is 5.67. The third-order valence-corrected chi connectivity index (χ3v) is 7.82. The highest BCUT2D eigenvalue weighted by atomic mass is 32.2. The summed E-state index contributed by atoms with van der Waals surface area (Å²) in [5.41, 5.74) is 4.98. The number of aromatic amines is 1. The molecule has 0 aliphatic heterocycles. The van der Waals surface area contributed by atoms with Crippen LogP contribution in [0.2, 0.25) is 0 Å². The van der Waals surface area contributed by atoms with Crippen molar-refractivity contribution in [3.63, 3.8) is 0 Å². The van der Waals surface area contributed by atoms with Gasteiger partial charge in [-0.15, -0.1) is 9.24 Å². The van der Waals surface area contributed by atoms with E-state index in [1.807, 2.05) is 30.9 Å². The molecule has 1 fully saturated rings. The zero-order valence-electron chi connectivity index (χ0n) is 18.1. The molecular formula is C24H26N5O2PS. The van der Waals surface area contributed by atoms with E-state index in [0.29, 0.717) is 0 Å². The monoisotopic (exact) mass is 479 g/mol. The molecule has 0 bridgehead atoms. The van der Waals surface area contributed by atoms with Crippen molar-refractivity contribution in [3.05, 3.63) is 67.1 Å². The minimum Gasteiger partial charge on any atom is -0.346 e. The van der Waals surface area contributed by atoms with E-state index < -0.39 is 10.0 Å². The van der Waals surface area contributed by atoms with Crippen LogP contribution in [0.25, 0.3) is 33.5 Å². The van der Waals surface area contributed by atoms with Crippen LogP contribution in [0, 0.1) is 0 Å². The predicted molar refractivity (Wildman–Crippen MR) is 136 cm³/mol. The average molecular weight is 480 g/mol. The summed E-state index contributed by atoms with van der Waals surface area (Å²) in [5.74, 6) is 0. The first-order chi connectivity index (χ1) is 15.9. The van der Waals surface area contributed by atoms with Gasteiger partial charge < -0.3 is 9.55 Å². The molecule has 7 nitrogen and oxygen atoms in total. The molecule has 33 heavy (non-hydrogen) atoms. The van der Waals surface area contributed by atoms with E-state index in [9.17, 15) is 8.42 Å². The maximum Gasteiger partial charge on any atom is 0.233 e. The number of fused-ring (bicyclic) bond motifs is 1. The molecular weight excluding hydrogens is 453 g/mol. The van der Waals surface area contributed by atoms with Crippen LogP contribution in [0.3, 0.4) is 0 Å². The summed E-state index contributed by atoms with van der Waals surface area (Å²) in [6.45, 7) is 3.39. The number of rotatable bonds is 6. The summed E-state index contributed by atoms with van der Waals surface area (Å²) in [5, 5.41) is 3.15. The molecule has 1 aromatic carbocycles. The number of pyridine rings is 1. The maximum absolute atomic E-state index is 11.9. The van der Waals surface area contributed by atoms with E-state index >= 15 is 0 Å². The minimum atomic E-state index is -3.42. The number of aromatic nitrogens is 4. The Kier molecular flexibility index (Phi) is 5.91. The molecule has 1 aliphatic carbocycles. The molecule has 0 radical (unpaired) electrons. The highest BCUT2D eigenvalue weighted by Crippen LogP contribution is 2.39. The Morgan fingerprint density at radius 2 is 1.85 bits per heavy atom. The Labute approximate surface area is 195 Å². The van der Waals surface area contributed by atoms with Crippen LogP contribution in [0.4, 0.5) is 0 Å². The zero-order chi connectivity index (χ0) is 23.0. The molecule has 170 valence electrons. The van der Waals surface area contributed by atoms with Crippen molar-refractivity contribution in [1.29, 1.82) is 0 Å². The standard InChI is InChI=1S/C24H26N5O2PS/c1-2-33(30,31)28-17-5-7-18(8-6-17)29-15-27-22(16-3-9-19(32)10-4-16)23(29)20-11-13-25-24-21(20)12-14-26-24/h2-4,9-15,17-18,28H,1,5-8,32H2,(H,25,26). The average Bonchev–Trinajstić information content (AvgIpc) is 3.47. The second-order valence-corrected chi connectivity index (χ2v) is 10.7. The quantitative estimate of drug-likeness (QED) is 0.407. The first-order valence-electron chi connectivity index (χ1n) is 10.9. The van der Waals surface area contributed by atoms with Crippen LogP contribution in [0.15, 0.2) is 67.1 Å². The maximum atomic E-state index is 11.9. The van der Waals surface area contributed by atoms with Crippen molar-refractivity contribution >= 4 is 35.6 Å². The Bertz CT molecular complexity index is 1400. The second-order valence-electron chi connectivity index (χ2n) is 8.40. The van der Waals surface area contributed by atoms with Gasteiger partial charge in [-0.1, -0.05) is 30.8 Å². The number of sulfonamides is 1. The molecule has 3 aromatic heterocycles. The lowest BCUT2D eigenvalue weighted by Gasteiger charge is -2.30. The Morgan fingerprint density at radius 3 is 2.58 bits per heavy atom. The number of hydrogen-bond donors (Lipinski definition) is 2. The molecule has 0 saturated heterocycles. The molecule has 1 aliphatic rings. The molecule has 4 aromatic rings. The van der Waals surface area contributed by atoms with Crippen molar-refractivity contribution < 1.29 is 8.42 Å². The lowest BCUT2D eigenvalue weighted by Crippen LogP contribution is -2.36. The summed E-state index contributed by atoms with van der Waals surface area (Å²) >= 11 is 0. The van der Waals surface area contributed by atoms with E-state index in [1.54, 1.807) is 0 Å². The number of nitrogens with one attached hydrogen (secondary N) is 2. The number of H-pyrrole nitrogens is 1. The molecule has 0 amide bonds. The third kappa shape index (κ3) is 4.38. The highest BCUT2D eigenvalue weighted by molar-refractivity contribution is 7.92. The lowest BCUT2D eigenvalue weighted by molar-refractivity contribution is 0.313. The van der Waals surface area contributed by atoms with Crippen molar-refractivity contribution in [1.82, 2.24) is 24.2 Å². The van der Waals surface area contributed by atoms with Crippen molar-refractivity contribution in [2.75, 3.05) is 0 Å². The fraction of sp³-hybridized carbons (Fsp3) is 0.250. The van der Waals surface area contributed by atoms with Gasteiger partial charge in [0.25, 0.3) is 0 Å². The first kappa shape index (κ1) is 22.0. The molecule has 9 heteroatoms. The third-order valence-electron chi connectivity index (χ3n) is 6.33. The number of hydrogen-bond acceptors (Lipinski definition) is 4. The van der Waals surface area contributed by atoms with Gasteiger partial charge in [0.05, 0.1) is 17.7 Å². The summed E-state index contributed by atoms with van der Waals surface area (Å²) in [7, 11) is -0.706. The van der Waals surface area contributed by atoms with Gasteiger partial charge in [-0.05, 0) is 43.1 Å². The number of nitrogens with zero attached hydrogens (tertiary/aromatic N) is 3. The van der Waals surface area contributed by atoms with Crippen LogP contribution in [-0.4, -0.2) is 34.0 Å². The molecule has 1 saturated carbocycles. The van der Waals surface area contributed by atoms with Crippen LogP contribution >= 0.6 is 9.24 Å². The minimum absolute atomic E-state index is 0.0670. The summed E-state index contributed by atoms with van der Waals surface area (Å²) in [6.07, 6.45) is 8.91. The van der Waals surface area contributed by atoms with Gasteiger partial charge in [0.2, 0.25) is 10.0 Å². The molecule has 5 rings (SSSR count). The lowest BCUT2D eigenvalue weighted by atomic mass is 9.91. The smallest absolute Gasteiger partial charge is 0.233 e. The van der Waals surface area contributed by atoms with E-state index in [2.05, 4.69) is 59.3 Å². The SMILES string of the molecule is C=CS(=O)(=O)NC1CCC(n2cnc(-c3ccc(P)cc3)c2-c2ccnc3[nH]ccc23)CC1. The Balaban J connectivity index is 1.54. The van der Waals surface area contributed by atoms with Gasteiger partial charge in [-0.2, -0.15) is 0 Å². The normalized spacial score (nSPS) is 19.1. The van der Waals surface area contributed by atoms with Gasteiger partial charge in [0.15, 0.2) is 0 Å². The zero-order valence-corrected chi connectivity index (χ0v) is 20.1. The van der Waals surface area contributed by atoms with Crippen molar-refractivity contribution in [2.24, 2.45) is 0 Å². The van der Waals surface area contributed by atoms with Crippen LogP contribution in [0.1, 0.15) is 31.7 Å². The van der Waals surface area contributed by atoms with Crippen LogP contribution < -0.4 is 10.0 Å². The summed E-state index contributed by atoms with van der Waals surface area (Å²) in [4.78, 5) is 12.5. The molecule has 2 N–H and O–H groups in total. The number of imidazole rings is 1. The van der Waals surface area contributed by atoms with Gasteiger partial charge in [-0.25, -0.2) is 23.1 Å². The topological polar surface area (TPSA) is 92.7 Å². The largest absolute Gasteiger partial charge is 0.346 e. The highest BCUT2D eigenvalue weighted by Gasteiger charge is 2.28. The summed E-state index contributed by atoms with van der Waals surface area (Å²) < 4.78 is 28.8.